The van der Waals surface area contributed by atoms with Crippen LogP contribution in [0.1, 0.15) is 46.8 Å². The molecule has 0 unspecified atom stereocenters. The fourth-order valence-corrected chi connectivity index (χ4v) is 3.50. The fourth-order valence-electron chi connectivity index (χ4n) is 3.50. The number of carbonyl (C=O) groups excluding carboxylic acids is 1. The van der Waals surface area contributed by atoms with E-state index < -0.39 is 0 Å². The first-order valence-electron chi connectivity index (χ1n) is 9.24. The number of para-hydroxylation sites is 1. The minimum atomic E-state index is -0.106. The number of ether oxygens (including phenoxy) is 1. The van der Waals surface area contributed by atoms with Gasteiger partial charge in [-0.25, -0.2) is 4.98 Å². The Labute approximate surface area is 159 Å². The van der Waals surface area contributed by atoms with Crippen LogP contribution in [0.15, 0.2) is 61.2 Å². The number of carbonyl (C=O) groups is 1. The van der Waals surface area contributed by atoms with Gasteiger partial charge < -0.3 is 14.6 Å². The van der Waals surface area contributed by atoms with E-state index in [4.69, 9.17) is 4.74 Å². The lowest BCUT2D eigenvalue weighted by atomic mass is 9.97. The molecule has 2 aromatic carbocycles. The molecular formula is C22H23N3O2. The summed E-state index contributed by atoms with van der Waals surface area (Å²) in [5, 5.41) is 3.05. The van der Waals surface area contributed by atoms with Crippen molar-refractivity contribution in [3.63, 3.8) is 0 Å². The Balaban J connectivity index is 1.50. The molecule has 27 heavy (non-hydrogen) atoms. The van der Waals surface area contributed by atoms with E-state index in [0.29, 0.717) is 18.0 Å². The molecule has 5 heteroatoms. The van der Waals surface area contributed by atoms with E-state index in [9.17, 15) is 4.79 Å². The first-order valence-corrected chi connectivity index (χ1v) is 9.24. The molecule has 1 amide bonds. The van der Waals surface area contributed by atoms with E-state index in [2.05, 4.69) is 23.3 Å². The topological polar surface area (TPSA) is 56.1 Å². The van der Waals surface area contributed by atoms with Crippen molar-refractivity contribution >= 4 is 5.91 Å². The lowest BCUT2D eigenvalue weighted by Crippen LogP contribution is -2.24. The Hall–Kier alpha value is -3.08. The third kappa shape index (κ3) is 3.45. The number of nitrogens with zero attached hydrogens (tertiary/aromatic N) is 2. The summed E-state index contributed by atoms with van der Waals surface area (Å²) in [4.78, 5) is 16.9. The molecular weight excluding hydrogens is 338 g/mol. The zero-order valence-corrected chi connectivity index (χ0v) is 15.6. The molecule has 0 saturated carbocycles. The van der Waals surface area contributed by atoms with Crippen molar-refractivity contribution in [2.45, 2.75) is 39.0 Å². The maximum atomic E-state index is 12.8. The summed E-state index contributed by atoms with van der Waals surface area (Å²) in [5.74, 6) is 0.913. The van der Waals surface area contributed by atoms with Crippen molar-refractivity contribution < 1.29 is 9.53 Å². The van der Waals surface area contributed by atoms with Gasteiger partial charge in [0.1, 0.15) is 11.9 Å². The van der Waals surface area contributed by atoms with Crippen LogP contribution in [0.4, 0.5) is 0 Å². The molecule has 2 atom stereocenters. The molecule has 1 aliphatic rings. The van der Waals surface area contributed by atoms with Crippen LogP contribution in [0.25, 0.3) is 0 Å². The second-order valence-electron chi connectivity index (χ2n) is 7.02. The molecule has 0 aliphatic carbocycles. The highest BCUT2D eigenvalue weighted by molar-refractivity contribution is 5.97. The first-order chi connectivity index (χ1) is 13.1. The fraction of sp³-hybridized carbons (Fsp3) is 0.273. The minimum Gasteiger partial charge on any atom is -0.489 e. The van der Waals surface area contributed by atoms with Crippen molar-refractivity contribution in [2.24, 2.45) is 0 Å². The predicted molar refractivity (Wildman–Crippen MR) is 104 cm³/mol. The van der Waals surface area contributed by atoms with Crippen LogP contribution in [0.5, 0.6) is 5.75 Å². The average Bonchev–Trinajstić information content (AvgIpc) is 3.29. The zero-order chi connectivity index (χ0) is 18.8. The summed E-state index contributed by atoms with van der Waals surface area (Å²) in [5.41, 5.74) is 3.97. The average molecular weight is 361 g/mol. The lowest BCUT2D eigenvalue weighted by molar-refractivity contribution is 0.0946. The van der Waals surface area contributed by atoms with Crippen LogP contribution in [-0.2, 0) is 13.1 Å². The van der Waals surface area contributed by atoms with Crippen LogP contribution in [0.2, 0.25) is 0 Å². The predicted octanol–water partition coefficient (Wildman–Crippen LogP) is 3.75. The maximum Gasteiger partial charge on any atom is 0.255 e. The van der Waals surface area contributed by atoms with Gasteiger partial charge in [0.15, 0.2) is 0 Å². The van der Waals surface area contributed by atoms with Gasteiger partial charge in [0.05, 0.1) is 11.9 Å². The first kappa shape index (κ1) is 17.3. The van der Waals surface area contributed by atoms with E-state index in [0.717, 1.165) is 29.0 Å². The van der Waals surface area contributed by atoms with Gasteiger partial charge in [0.2, 0.25) is 0 Å². The number of imidazole rings is 1. The molecule has 1 N–H and O–H groups in total. The van der Waals surface area contributed by atoms with Crippen molar-refractivity contribution in [3.05, 3.63) is 83.4 Å². The van der Waals surface area contributed by atoms with Crippen LogP contribution in [-0.4, -0.2) is 21.6 Å². The summed E-state index contributed by atoms with van der Waals surface area (Å²) in [6, 6.07) is 13.9. The minimum absolute atomic E-state index is 0.0878. The number of hydrogen-bond acceptors (Lipinski definition) is 3. The summed E-state index contributed by atoms with van der Waals surface area (Å²) < 4.78 is 7.96. The van der Waals surface area contributed by atoms with Crippen LogP contribution in [0.3, 0.4) is 0 Å². The molecule has 0 saturated heterocycles. The standard InChI is InChI=1S/C22H23N3O2/c1-15-16(2)27-21-19(15)8-5-9-20(21)22(26)24-12-17-6-3-4-7-18(17)13-25-11-10-23-14-25/h3-11,14-16H,12-13H2,1-2H3,(H,24,26)/t15-,16-/m0/s1. The van der Waals surface area contributed by atoms with Gasteiger partial charge >= 0.3 is 0 Å². The summed E-state index contributed by atoms with van der Waals surface area (Å²) in [6.45, 7) is 5.37. The molecule has 0 fully saturated rings. The van der Waals surface area contributed by atoms with Gasteiger partial charge in [-0.2, -0.15) is 0 Å². The molecule has 0 bridgehead atoms. The Morgan fingerprint density at radius 2 is 1.96 bits per heavy atom. The molecule has 2 heterocycles. The number of rotatable bonds is 5. The maximum absolute atomic E-state index is 12.8. The van der Waals surface area contributed by atoms with E-state index in [1.54, 1.807) is 12.5 Å². The Morgan fingerprint density at radius 1 is 1.15 bits per heavy atom. The molecule has 138 valence electrons. The van der Waals surface area contributed by atoms with Crippen molar-refractivity contribution in [1.82, 2.24) is 14.9 Å². The Bertz CT molecular complexity index is 950. The molecule has 0 spiro atoms. The molecule has 3 aromatic rings. The van der Waals surface area contributed by atoms with E-state index >= 15 is 0 Å². The third-order valence-corrected chi connectivity index (χ3v) is 5.26. The largest absolute Gasteiger partial charge is 0.489 e. The number of amides is 1. The monoisotopic (exact) mass is 361 g/mol. The second-order valence-corrected chi connectivity index (χ2v) is 7.02. The van der Waals surface area contributed by atoms with Gasteiger partial charge in [0.25, 0.3) is 5.91 Å². The molecule has 0 radical (unpaired) electrons. The third-order valence-electron chi connectivity index (χ3n) is 5.26. The number of nitrogens with one attached hydrogen (secondary N) is 1. The van der Waals surface area contributed by atoms with Crippen molar-refractivity contribution in [1.29, 1.82) is 0 Å². The zero-order valence-electron chi connectivity index (χ0n) is 15.6. The van der Waals surface area contributed by atoms with Gasteiger partial charge in [-0.05, 0) is 24.1 Å². The molecule has 5 nitrogen and oxygen atoms in total. The van der Waals surface area contributed by atoms with Crippen LogP contribution >= 0.6 is 0 Å². The lowest BCUT2D eigenvalue weighted by Gasteiger charge is -2.13. The molecule has 4 rings (SSSR count). The van der Waals surface area contributed by atoms with Crippen molar-refractivity contribution in [3.8, 4) is 5.75 Å². The summed E-state index contributed by atoms with van der Waals surface area (Å²) in [6.07, 6.45) is 5.58. The number of fused-ring (bicyclic) bond motifs is 1. The summed E-state index contributed by atoms with van der Waals surface area (Å²) >= 11 is 0. The van der Waals surface area contributed by atoms with E-state index in [1.165, 1.54) is 0 Å². The highest BCUT2D eigenvalue weighted by Gasteiger charge is 2.30. The number of hydrogen-bond donors (Lipinski definition) is 1. The Morgan fingerprint density at radius 3 is 2.74 bits per heavy atom. The SMILES string of the molecule is C[C@@H]1Oc2c(C(=O)NCc3ccccc3Cn3ccnc3)cccc2[C@H]1C. The van der Waals surface area contributed by atoms with Gasteiger partial charge in [-0.3, -0.25) is 4.79 Å². The Kier molecular flexibility index (Phi) is 4.67. The normalized spacial score (nSPS) is 18.0. The van der Waals surface area contributed by atoms with Crippen LogP contribution < -0.4 is 10.1 Å². The van der Waals surface area contributed by atoms with E-state index in [-0.39, 0.29) is 12.0 Å². The highest BCUT2D eigenvalue weighted by atomic mass is 16.5. The van der Waals surface area contributed by atoms with E-state index in [1.807, 2.05) is 54.1 Å². The van der Waals surface area contributed by atoms with Gasteiger partial charge in [0, 0.05) is 37.0 Å². The van der Waals surface area contributed by atoms with Gasteiger partial charge in [-0.15, -0.1) is 0 Å². The smallest absolute Gasteiger partial charge is 0.255 e. The molecule has 1 aromatic heterocycles. The summed E-state index contributed by atoms with van der Waals surface area (Å²) in [7, 11) is 0. The highest BCUT2D eigenvalue weighted by Crippen LogP contribution is 2.40. The van der Waals surface area contributed by atoms with Crippen LogP contribution in [0, 0.1) is 0 Å². The molecule has 1 aliphatic heterocycles. The number of benzene rings is 2. The van der Waals surface area contributed by atoms with Crippen molar-refractivity contribution in [2.75, 3.05) is 0 Å². The number of aromatic nitrogens is 2. The van der Waals surface area contributed by atoms with Gasteiger partial charge in [-0.1, -0.05) is 43.3 Å². The quantitative estimate of drug-likeness (QED) is 0.753. The second kappa shape index (κ2) is 7.27.